The summed E-state index contributed by atoms with van der Waals surface area (Å²) in [6.45, 7) is 12.3. The summed E-state index contributed by atoms with van der Waals surface area (Å²) in [5, 5.41) is 2.76. The van der Waals surface area contributed by atoms with Crippen LogP contribution < -0.4 is 11.2 Å². The summed E-state index contributed by atoms with van der Waals surface area (Å²) in [4.78, 5) is 34.5. The molecule has 0 bridgehead atoms. The highest BCUT2D eigenvalue weighted by Gasteiger charge is 2.27. The van der Waals surface area contributed by atoms with Gasteiger partial charge in [-0.15, -0.1) is 0 Å². The van der Waals surface area contributed by atoms with Crippen molar-refractivity contribution in [3.05, 3.63) is 38.0 Å². The molecule has 23 heavy (non-hydrogen) atoms. The lowest BCUT2D eigenvalue weighted by molar-refractivity contribution is 0.00369. The van der Waals surface area contributed by atoms with E-state index in [9.17, 15) is 14.5 Å². The molecule has 2 unspecified atom stereocenters. The van der Waals surface area contributed by atoms with E-state index in [1.807, 2.05) is 27.7 Å². The first-order chi connectivity index (χ1) is 11.1. The van der Waals surface area contributed by atoms with Crippen molar-refractivity contribution in [2.24, 2.45) is 5.18 Å². The third-order valence-electron chi connectivity index (χ3n) is 2.52. The Morgan fingerprint density at radius 2 is 1.78 bits per heavy atom. The molecule has 0 amide bonds. The average Bonchev–Trinajstić information content (AvgIpc) is 3.01. The van der Waals surface area contributed by atoms with Crippen LogP contribution in [0.5, 0.6) is 0 Å². The molecule has 1 fully saturated rings. The second-order valence-electron chi connectivity index (χ2n) is 4.33. The number of ether oxygens (including phenoxy) is 1. The van der Waals surface area contributed by atoms with E-state index in [1.165, 1.54) is 23.3 Å². The van der Waals surface area contributed by atoms with Gasteiger partial charge in [0.15, 0.2) is 0 Å². The van der Waals surface area contributed by atoms with Crippen LogP contribution in [0.1, 0.15) is 67.0 Å². The molecule has 0 spiro atoms. The summed E-state index contributed by atoms with van der Waals surface area (Å²) in [5.41, 5.74) is -0.942. The van der Waals surface area contributed by atoms with Crippen LogP contribution in [0.3, 0.4) is 0 Å². The van der Waals surface area contributed by atoms with Crippen molar-refractivity contribution in [2.45, 2.75) is 73.1 Å². The van der Waals surface area contributed by atoms with Crippen molar-refractivity contribution in [3.63, 3.8) is 0 Å². The zero-order valence-corrected chi connectivity index (χ0v) is 15.2. The molecule has 7 heteroatoms. The quantitative estimate of drug-likeness (QED) is 0.859. The minimum Gasteiger partial charge on any atom is -0.353 e. The Balaban J connectivity index is 0. The van der Waals surface area contributed by atoms with E-state index in [4.69, 9.17) is 4.74 Å². The van der Waals surface area contributed by atoms with Crippen LogP contribution in [-0.2, 0) is 4.74 Å². The molecule has 1 saturated heterocycles. The second kappa shape index (κ2) is 15.1. The summed E-state index contributed by atoms with van der Waals surface area (Å²) < 4.78 is 6.77. The first-order valence-corrected chi connectivity index (χ1v) is 8.38. The second-order valence-corrected chi connectivity index (χ2v) is 4.33. The molecule has 1 aliphatic heterocycles. The molecular weight excluding hydrogens is 298 g/mol. The van der Waals surface area contributed by atoms with E-state index < -0.39 is 17.5 Å². The Kier molecular flexibility index (Phi) is 15.5. The van der Waals surface area contributed by atoms with Gasteiger partial charge in [-0.05, 0) is 12.8 Å². The van der Waals surface area contributed by atoms with Gasteiger partial charge in [-0.1, -0.05) is 53.1 Å². The van der Waals surface area contributed by atoms with Gasteiger partial charge < -0.3 is 4.74 Å². The van der Waals surface area contributed by atoms with E-state index in [0.29, 0.717) is 12.8 Å². The molecule has 0 aromatic carbocycles. The number of H-pyrrole nitrogens is 1. The third kappa shape index (κ3) is 9.07. The third-order valence-corrected chi connectivity index (χ3v) is 2.52. The summed E-state index contributed by atoms with van der Waals surface area (Å²) in [6.07, 6.45) is 3.30. The monoisotopic (exact) mass is 329 g/mol. The molecule has 1 N–H and O–H groups in total. The number of hydrogen-bond acceptors (Lipinski definition) is 5. The van der Waals surface area contributed by atoms with E-state index >= 15 is 0 Å². The van der Waals surface area contributed by atoms with E-state index in [-0.39, 0.29) is 12.6 Å². The lowest BCUT2D eigenvalue weighted by atomic mass is 10.2. The molecule has 1 aromatic rings. The average molecular weight is 329 g/mol. The largest absolute Gasteiger partial charge is 0.353 e. The fourth-order valence-corrected chi connectivity index (χ4v) is 1.76. The van der Waals surface area contributed by atoms with Crippen LogP contribution in [-0.4, -0.2) is 22.2 Å². The topological polar surface area (TPSA) is 93.5 Å². The Bertz CT molecular complexity index is 511. The van der Waals surface area contributed by atoms with Crippen molar-refractivity contribution < 1.29 is 4.74 Å². The van der Waals surface area contributed by atoms with Crippen molar-refractivity contribution >= 4 is 0 Å². The normalized spacial score (nSPS) is 18.3. The Labute approximate surface area is 138 Å². The lowest BCUT2D eigenvalue weighted by Gasteiger charge is -2.13. The molecule has 0 saturated carbocycles. The van der Waals surface area contributed by atoms with Gasteiger partial charge in [0, 0.05) is 12.3 Å². The van der Waals surface area contributed by atoms with Crippen molar-refractivity contribution in [1.29, 1.82) is 0 Å². The molecular formula is C16H31N3O4. The highest BCUT2D eigenvalue weighted by atomic mass is 16.5. The maximum atomic E-state index is 11.4. The van der Waals surface area contributed by atoms with Gasteiger partial charge in [-0.2, -0.15) is 4.91 Å². The molecule has 1 aromatic heterocycles. The number of nitrogens with one attached hydrogen (secondary N) is 1. The summed E-state index contributed by atoms with van der Waals surface area (Å²) in [7, 11) is 0. The number of nitrogens with zero attached hydrogens (tertiary/aromatic N) is 2. The van der Waals surface area contributed by atoms with Crippen LogP contribution in [0.15, 0.2) is 27.0 Å². The first-order valence-electron chi connectivity index (χ1n) is 8.38. The lowest BCUT2D eigenvalue weighted by Crippen LogP contribution is -2.31. The van der Waals surface area contributed by atoms with Crippen LogP contribution in [0, 0.1) is 4.91 Å². The van der Waals surface area contributed by atoms with E-state index in [2.05, 4.69) is 24.0 Å². The van der Waals surface area contributed by atoms with Gasteiger partial charge in [0.25, 0.3) is 5.56 Å². The number of nitroso groups, excluding NO2 is 1. The molecule has 2 atom stereocenters. The molecule has 0 radical (unpaired) electrons. The Hall–Kier alpha value is -1.76. The maximum Gasteiger partial charge on any atom is 0.330 e. The molecule has 1 aliphatic rings. The van der Waals surface area contributed by atoms with Gasteiger partial charge >= 0.3 is 5.69 Å². The van der Waals surface area contributed by atoms with Gasteiger partial charge in [0.05, 0.1) is 6.10 Å². The smallest absolute Gasteiger partial charge is 0.330 e. The maximum absolute atomic E-state index is 11.4. The molecule has 7 nitrogen and oxygen atoms in total. The van der Waals surface area contributed by atoms with Gasteiger partial charge in [0.2, 0.25) is 0 Å². The van der Waals surface area contributed by atoms with Gasteiger partial charge in [-0.3, -0.25) is 14.3 Å². The fraction of sp³-hybridized carbons (Fsp3) is 0.750. The molecule has 2 heterocycles. The highest BCUT2D eigenvalue weighted by Crippen LogP contribution is 2.26. The Morgan fingerprint density at radius 3 is 2.26 bits per heavy atom. The predicted molar refractivity (Wildman–Crippen MR) is 93.8 cm³/mol. The molecule has 2 rings (SSSR count). The highest BCUT2D eigenvalue weighted by molar-refractivity contribution is 4.86. The SMILES string of the molecule is CC.CC.CCC.O=NCC1CCC(n2ccc(=O)[nH]c2=O)O1. The minimum atomic E-state index is -0.503. The van der Waals surface area contributed by atoms with Crippen molar-refractivity contribution in [1.82, 2.24) is 9.55 Å². The van der Waals surface area contributed by atoms with Crippen LogP contribution in [0.2, 0.25) is 0 Å². The van der Waals surface area contributed by atoms with Gasteiger partial charge in [-0.25, -0.2) is 4.79 Å². The van der Waals surface area contributed by atoms with Crippen molar-refractivity contribution in [3.8, 4) is 0 Å². The Morgan fingerprint density at radius 1 is 1.22 bits per heavy atom. The first kappa shape index (κ1) is 23.5. The summed E-state index contributed by atoms with van der Waals surface area (Å²) >= 11 is 0. The summed E-state index contributed by atoms with van der Waals surface area (Å²) in [6, 6.07) is 1.26. The van der Waals surface area contributed by atoms with E-state index in [0.717, 1.165) is 0 Å². The zero-order chi connectivity index (χ0) is 18.3. The predicted octanol–water partition coefficient (Wildman–Crippen LogP) is 3.45. The number of rotatable bonds is 3. The molecule has 0 aliphatic carbocycles. The standard InChI is InChI=1S/C9H11N3O4.C3H8.2C2H6/c13-7-3-4-12(9(14)11-7)8-2-1-6(16-8)5-10-15;1-3-2;2*1-2/h3-4,6,8H,1-2,5H2,(H,11,13,14);3H2,1-2H3;2*1-2H3. The minimum absolute atomic E-state index is 0.0919. The van der Waals surface area contributed by atoms with Gasteiger partial charge in [0.1, 0.15) is 12.8 Å². The van der Waals surface area contributed by atoms with Crippen LogP contribution in [0.25, 0.3) is 0 Å². The zero-order valence-electron chi connectivity index (χ0n) is 15.2. The number of aromatic amines is 1. The fourth-order valence-electron chi connectivity index (χ4n) is 1.76. The molecule has 134 valence electrons. The number of hydrogen-bond donors (Lipinski definition) is 1. The summed E-state index contributed by atoms with van der Waals surface area (Å²) in [5.74, 6) is 0. The van der Waals surface area contributed by atoms with E-state index in [1.54, 1.807) is 0 Å². The van der Waals surface area contributed by atoms with Crippen LogP contribution >= 0.6 is 0 Å². The van der Waals surface area contributed by atoms with Crippen molar-refractivity contribution in [2.75, 3.05) is 6.54 Å². The number of aromatic nitrogens is 2. The van der Waals surface area contributed by atoms with Crippen LogP contribution in [0.4, 0.5) is 0 Å².